The van der Waals surface area contributed by atoms with E-state index in [9.17, 15) is 19.4 Å². The fraction of sp³-hybridized carbons (Fsp3) is 0.831. The molecule has 0 aliphatic heterocycles. The van der Waals surface area contributed by atoms with Gasteiger partial charge in [0, 0.05) is 6.42 Å². The molecule has 0 aromatic carbocycles. The van der Waals surface area contributed by atoms with Crippen LogP contribution >= 0.6 is 7.82 Å². The van der Waals surface area contributed by atoms with Crippen LogP contribution in [-0.2, 0) is 18.4 Å². The Morgan fingerprint density at radius 3 is 1.18 bits per heavy atom. The SMILES string of the molecule is CCCCCCCCCCC/C=C\C/C=C\CCCCCCCCCCCCCCCCCCCC(=O)NC(COP(=O)([O-])OCC[N+](C)(C)C)C(O)/C=C/CC/C=C/CC/C=C/CCCCCCCCCCC. The molecule has 0 saturated heterocycles. The van der Waals surface area contributed by atoms with Crippen LogP contribution in [-0.4, -0.2) is 68.5 Å². The third-order valence-electron chi connectivity index (χ3n) is 14.2. The molecular weight excluding hydrogens is 936 g/mol. The number of carbonyl (C=O) groups is 1. The quantitative estimate of drug-likeness (QED) is 0.0272. The summed E-state index contributed by atoms with van der Waals surface area (Å²) in [6, 6.07) is -0.911. The van der Waals surface area contributed by atoms with Gasteiger partial charge in [-0.2, -0.15) is 0 Å². The van der Waals surface area contributed by atoms with Crippen LogP contribution in [0.4, 0.5) is 0 Å². The van der Waals surface area contributed by atoms with Crippen LogP contribution in [0.15, 0.2) is 60.8 Å². The van der Waals surface area contributed by atoms with Crippen molar-refractivity contribution in [3.05, 3.63) is 60.8 Å². The Balaban J connectivity index is 4.11. The fourth-order valence-electron chi connectivity index (χ4n) is 9.22. The van der Waals surface area contributed by atoms with E-state index in [1.54, 1.807) is 6.08 Å². The lowest BCUT2D eigenvalue weighted by Gasteiger charge is -2.29. The van der Waals surface area contributed by atoms with Crippen molar-refractivity contribution in [3.63, 3.8) is 0 Å². The summed E-state index contributed by atoms with van der Waals surface area (Å²) in [7, 11) is 1.24. The Morgan fingerprint density at radius 2 is 0.797 bits per heavy atom. The standard InChI is InChI=1S/C65H123N2O6P/c1-6-8-10-12-14-16-18-20-22-24-26-27-28-29-30-31-32-33-34-35-36-37-38-39-41-43-45-47-49-51-53-55-57-59-65(69)66-63(62-73-74(70,71)72-61-60-67(3,4)5)64(68)58-56-54-52-50-48-46-44-42-40-25-23-21-19-17-15-13-11-9-7-2/h26-27,29-30,40,42,48,50,56,58,63-64,68H,6-25,28,31-39,41,43-47,49,51-55,57,59-62H2,1-5H3,(H-,66,69,70,71)/b27-26-,30-29-,42-40+,50-48+,58-56+. The largest absolute Gasteiger partial charge is 0.756 e. The van der Waals surface area contributed by atoms with Crippen LogP contribution in [0.2, 0.25) is 0 Å². The predicted octanol–water partition coefficient (Wildman–Crippen LogP) is 19.0. The number of phosphoric acid groups is 1. The molecule has 0 radical (unpaired) electrons. The lowest BCUT2D eigenvalue weighted by atomic mass is 10.0. The third-order valence-corrected chi connectivity index (χ3v) is 15.1. The molecule has 1 amide bonds. The van der Waals surface area contributed by atoms with Gasteiger partial charge in [-0.15, -0.1) is 0 Å². The number of unbranched alkanes of at least 4 members (excludes halogenated alkanes) is 37. The van der Waals surface area contributed by atoms with E-state index in [0.717, 1.165) is 51.4 Å². The van der Waals surface area contributed by atoms with Crippen LogP contribution in [0.25, 0.3) is 0 Å². The molecule has 0 bridgehead atoms. The molecule has 0 saturated carbocycles. The number of carbonyl (C=O) groups excluding carboxylic acids is 1. The topological polar surface area (TPSA) is 108 Å². The van der Waals surface area contributed by atoms with Crippen LogP contribution in [0, 0.1) is 0 Å². The molecule has 0 rings (SSSR count). The number of likely N-dealkylation sites (N-methyl/N-ethyl adjacent to an activating group) is 1. The van der Waals surface area contributed by atoms with Crippen molar-refractivity contribution < 1.29 is 32.9 Å². The fourth-order valence-corrected chi connectivity index (χ4v) is 9.94. The molecule has 0 aromatic heterocycles. The lowest BCUT2D eigenvalue weighted by molar-refractivity contribution is -0.870. The average molecular weight is 1060 g/mol. The first-order valence-electron chi connectivity index (χ1n) is 31.7. The maximum Gasteiger partial charge on any atom is 0.268 e. The van der Waals surface area contributed by atoms with Gasteiger partial charge in [-0.05, 0) is 77.0 Å². The van der Waals surface area contributed by atoms with Gasteiger partial charge in [0.1, 0.15) is 13.2 Å². The minimum Gasteiger partial charge on any atom is -0.756 e. The normalized spacial score (nSPS) is 14.2. The molecule has 2 N–H and O–H groups in total. The molecule has 3 unspecified atom stereocenters. The van der Waals surface area contributed by atoms with E-state index in [1.807, 2.05) is 27.2 Å². The Kier molecular flexibility index (Phi) is 54.6. The number of quaternary nitrogens is 1. The van der Waals surface area contributed by atoms with Crippen molar-refractivity contribution in [1.29, 1.82) is 0 Å². The third kappa shape index (κ3) is 57.9. The summed E-state index contributed by atoms with van der Waals surface area (Å²) in [6.07, 6.45) is 76.1. The van der Waals surface area contributed by atoms with Gasteiger partial charge in [-0.25, -0.2) is 0 Å². The van der Waals surface area contributed by atoms with Crippen molar-refractivity contribution in [3.8, 4) is 0 Å². The number of aliphatic hydroxyl groups excluding tert-OH is 1. The molecule has 74 heavy (non-hydrogen) atoms. The Labute approximate surface area is 460 Å². The van der Waals surface area contributed by atoms with Crippen molar-refractivity contribution in [1.82, 2.24) is 5.32 Å². The highest BCUT2D eigenvalue weighted by Crippen LogP contribution is 2.38. The summed E-state index contributed by atoms with van der Waals surface area (Å²) in [5.41, 5.74) is 0. The van der Waals surface area contributed by atoms with Crippen LogP contribution < -0.4 is 10.2 Å². The summed E-state index contributed by atoms with van der Waals surface area (Å²) >= 11 is 0. The first-order chi connectivity index (χ1) is 36.0. The summed E-state index contributed by atoms with van der Waals surface area (Å²) in [4.78, 5) is 25.5. The van der Waals surface area contributed by atoms with E-state index in [4.69, 9.17) is 9.05 Å². The second-order valence-electron chi connectivity index (χ2n) is 22.7. The van der Waals surface area contributed by atoms with E-state index < -0.39 is 26.6 Å². The molecule has 0 spiro atoms. The minimum absolute atomic E-state index is 0.00953. The number of allylic oxidation sites excluding steroid dienone is 9. The number of amides is 1. The van der Waals surface area contributed by atoms with Crippen LogP contribution in [0.3, 0.4) is 0 Å². The zero-order valence-electron chi connectivity index (χ0n) is 49.5. The van der Waals surface area contributed by atoms with Gasteiger partial charge in [0.25, 0.3) is 7.82 Å². The Morgan fingerprint density at radius 1 is 0.473 bits per heavy atom. The van der Waals surface area contributed by atoms with Gasteiger partial charge in [0.2, 0.25) is 5.91 Å². The smallest absolute Gasteiger partial charge is 0.268 e. The minimum atomic E-state index is -4.61. The summed E-state index contributed by atoms with van der Waals surface area (Å²) in [6.45, 7) is 4.64. The zero-order chi connectivity index (χ0) is 54.2. The maximum absolute atomic E-state index is 13.0. The highest BCUT2D eigenvalue weighted by atomic mass is 31.2. The van der Waals surface area contributed by atoms with E-state index >= 15 is 0 Å². The molecular formula is C65H123N2O6P. The van der Waals surface area contributed by atoms with E-state index in [1.165, 1.54) is 225 Å². The molecule has 0 aliphatic carbocycles. The molecule has 0 aliphatic rings. The first-order valence-corrected chi connectivity index (χ1v) is 33.1. The van der Waals surface area contributed by atoms with E-state index in [0.29, 0.717) is 17.4 Å². The number of nitrogens with zero attached hydrogens (tertiary/aromatic N) is 1. The molecule has 3 atom stereocenters. The first kappa shape index (κ1) is 72.2. The lowest BCUT2D eigenvalue weighted by Crippen LogP contribution is -2.45. The number of aliphatic hydroxyl groups is 1. The highest BCUT2D eigenvalue weighted by molar-refractivity contribution is 7.45. The number of phosphoric ester groups is 1. The van der Waals surface area contributed by atoms with Gasteiger partial charge >= 0.3 is 0 Å². The zero-order valence-corrected chi connectivity index (χ0v) is 50.4. The Bertz CT molecular complexity index is 1390. The number of rotatable bonds is 58. The van der Waals surface area contributed by atoms with Gasteiger partial charge in [-0.3, -0.25) is 9.36 Å². The Hall–Kier alpha value is -1.80. The van der Waals surface area contributed by atoms with Crippen LogP contribution in [0.5, 0.6) is 0 Å². The summed E-state index contributed by atoms with van der Waals surface area (Å²) in [5, 5.41) is 13.9. The highest BCUT2D eigenvalue weighted by Gasteiger charge is 2.23. The molecule has 0 fully saturated rings. The van der Waals surface area contributed by atoms with Crippen molar-refractivity contribution in [2.24, 2.45) is 0 Å². The molecule has 0 aromatic rings. The molecule has 9 heteroatoms. The number of hydrogen-bond acceptors (Lipinski definition) is 6. The van der Waals surface area contributed by atoms with E-state index in [-0.39, 0.29) is 12.5 Å². The average Bonchev–Trinajstić information content (AvgIpc) is 3.36. The number of nitrogens with one attached hydrogen (secondary N) is 1. The van der Waals surface area contributed by atoms with E-state index in [2.05, 4.69) is 67.8 Å². The van der Waals surface area contributed by atoms with Gasteiger partial charge in [0.15, 0.2) is 0 Å². The second-order valence-corrected chi connectivity index (χ2v) is 24.2. The molecule has 8 nitrogen and oxygen atoms in total. The van der Waals surface area contributed by atoms with Crippen LogP contribution in [0.1, 0.15) is 296 Å². The second kappa shape index (κ2) is 55.9. The van der Waals surface area contributed by atoms with Gasteiger partial charge in [-0.1, -0.05) is 274 Å². The predicted molar refractivity (Wildman–Crippen MR) is 321 cm³/mol. The maximum atomic E-state index is 13.0. The van der Waals surface area contributed by atoms with Gasteiger partial charge < -0.3 is 28.8 Å². The van der Waals surface area contributed by atoms with Gasteiger partial charge in [0.05, 0.1) is 39.9 Å². The van der Waals surface area contributed by atoms with Crippen molar-refractivity contribution in [2.45, 2.75) is 309 Å². The monoisotopic (exact) mass is 1060 g/mol. The van der Waals surface area contributed by atoms with Crippen molar-refractivity contribution in [2.75, 3.05) is 40.9 Å². The van der Waals surface area contributed by atoms with Crippen molar-refractivity contribution >= 4 is 13.7 Å². The number of hydrogen-bond donors (Lipinski definition) is 2. The molecule has 0 heterocycles. The summed E-state index contributed by atoms with van der Waals surface area (Å²) < 4.78 is 23.4. The molecule has 434 valence electrons. The summed E-state index contributed by atoms with van der Waals surface area (Å²) in [5.74, 6) is -0.209.